The lowest BCUT2D eigenvalue weighted by Gasteiger charge is -2.24. The van der Waals surface area contributed by atoms with Crippen LogP contribution < -0.4 is 4.52 Å². The van der Waals surface area contributed by atoms with E-state index < -0.39 is 62.8 Å². The second-order valence-electron chi connectivity index (χ2n) is 8.70. The SMILES string of the molecule is [2H]C([2H])(O[P@@](=O)(C[C@@H](C)C(=O)OC(C)C)Oc1ccccc1)[C@@H]1O[C@H](n2cc(C)c(=S)[nH]c2=S)[C@H](O)C1O. The zero-order valence-corrected chi connectivity index (χ0v) is 22.7. The molecule has 10 nitrogen and oxygen atoms in total. The summed E-state index contributed by atoms with van der Waals surface area (Å²) in [6.07, 6.45) is -5.97. The molecule has 13 heteroatoms. The molecule has 0 saturated carbocycles. The molecule has 1 unspecified atom stereocenters. The van der Waals surface area contributed by atoms with Crippen molar-refractivity contribution in [3.05, 3.63) is 51.5 Å². The lowest BCUT2D eigenvalue weighted by Crippen LogP contribution is -2.34. The maximum absolute atomic E-state index is 13.9. The van der Waals surface area contributed by atoms with Gasteiger partial charge in [-0.1, -0.05) is 37.3 Å². The minimum absolute atomic E-state index is 0.0783. The highest BCUT2D eigenvalue weighted by molar-refractivity contribution is 7.72. The number of carbonyl (C=O) groups excluding carboxylic acids is 1. The molecule has 36 heavy (non-hydrogen) atoms. The van der Waals surface area contributed by atoms with E-state index in [1.807, 2.05) is 0 Å². The van der Waals surface area contributed by atoms with Crippen molar-refractivity contribution in [1.29, 1.82) is 0 Å². The van der Waals surface area contributed by atoms with Crippen LogP contribution in [0.5, 0.6) is 5.75 Å². The fourth-order valence-electron chi connectivity index (χ4n) is 3.39. The largest absolute Gasteiger partial charge is 0.463 e. The summed E-state index contributed by atoms with van der Waals surface area (Å²) in [7, 11) is -4.43. The predicted molar refractivity (Wildman–Crippen MR) is 137 cm³/mol. The van der Waals surface area contributed by atoms with E-state index in [2.05, 4.69) is 4.98 Å². The molecule has 3 rings (SSSR count). The van der Waals surface area contributed by atoms with Gasteiger partial charge in [0.25, 0.3) is 0 Å². The summed E-state index contributed by atoms with van der Waals surface area (Å²) in [5.74, 6) is -1.53. The Morgan fingerprint density at radius 2 is 1.92 bits per heavy atom. The summed E-state index contributed by atoms with van der Waals surface area (Å²) < 4.78 is 54.6. The minimum Gasteiger partial charge on any atom is -0.463 e. The molecule has 6 atom stereocenters. The number of H-pyrrole nitrogens is 1. The summed E-state index contributed by atoms with van der Waals surface area (Å²) in [6.45, 7) is 3.53. The zero-order chi connectivity index (χ0) is 28.4. The number of nitrogens with one attached hydrogen (secondary N) is 1. The van der Waals surface area contributed by atoms with E-state index in [9.17, 15) is 19.6 Å². The third-order valence-corrected chi connectivity index (χ3v) is 7.81. The van der Waals surface area contributed by atoms with Crippen molar-refractivity contribution in [1.82, 2.24) is 9.55 Å². The Morgan fingerprint density at radius 1 is 1.25 bits per heavy atom. The lowest BCUT2D eigenvalue weighted by atomic mass is 10.1. The number of rotatable bonds is 10. The van der Waals surface area contributed by atoms with Crippen LogP contribution in [0.1, 0.15) is 35.3 Å². The van der Waals surface area contributed by atoms with Crippen molar-refractivity contribution in [2.75, 3.05) is 12.7 Å². The maximum atomic E-state index is 13.9. The Hall–Kier alpha value is -1.92. The molecule has 1 fully saturated rings. The van der Waals surface area contributed by atoms with E-state index in [-0.39, 0.29) is 10.5 Å². The zero-order valence-electron chi connectivity index (χ0n) is 22.2. The first kappa shape index (κ1) is 25.7. The standard InChI is InChI=1S/C23H31N2O8PS2/c1-13(2)31-22(28)15(4)12-34(29,33-16-8-6-5-7-9-16)30-11-17-18(26)19(27)21(32-17)25-10-14(3)20(35)24-23(25)36/h5-10,13,15,17-19,21,26-27H,11-12H2,1-4H3,(H,24,35,36)/t15-,17+,18?,19-,21+,34+/m1/s1/i11D2. The number of aliphatic hydroxyl groups excluding tert-OH is 2. The molecule has 0 bridgehead atoms. The third-order valence-electron chi connectivity index (χ3n) is 5.21. The molecule has 3 N–H and O–H groups in total. The van der Waals surface area contributed by atoms with Crippen molar-refractivity contribution >= 4 is 38.0 Å². The monoisotopic (exact) mass is 560 g/mol. The Balaban J connectivity index is 1.90. The van der Waals surface area contributed by atoms with E-state index in [1.165, 1.54) is 29.8 Å². The second-order valence-corrected chi connectivity index (χ2v) is 11.4. The summed E-state index contributed by atoms with van der Waals surface area (Å²) >= 11 is 10.4. The van der Waals surface area contributed by atoms with Gasteiger partial charge in [0, 0.05) is 11.8 Å². The number of hydrogen-bond donors (Lipinski definition) is 3. The molecule has 0 spiro atoms. The summed E-state index contributed by atoms with van der Waals surface area (Å²) in [6, 6.07) is 7.92. The first-order valence-corrected chi connectivity index (χ1v) is 13.8. The van der Waals surface area contributed by atoms with Gasteiger partial charge in [0.2, 0.25) is 0 Å². The summed E-state index contributed by atoms with van der Waals surface area (Å²) in [4.78, 5) is 15.2. The van der Waals surface area contributed by atoms with E-state index in [0.29, 0.717) is 10.2 Å². The Morgan fingerprint density at radius 3 is 2.56 bits per heavy atom. The topological polar surface area (TPSA) is 132 Å². The van der Waals surface area contributed by atoms with Crippen LogP contribution in [0.4, 0.5) is 0 Å². The van der Waals surface area contributed by atoms with E-state index >= 15 is 0 Å². The average Bonchev–Trinajstić information content (AvgIpc) is 3.11. The smallest absolute Gasteiger partial charge is 0.380 e. The molecule has 1 aliphatic heterocycles. The third kappa shape index (κ3) is 7.10. The molecule has 1 aromatic heterocycles. The fourth-order valence-corrected chi connectivity index (χ4v) is 5.57. The highest BCUT2D eigenvalue weighted by Crippen LogP contribution is 2.50. The van der Waals surface area contributed by atoms with Gasteiger partial charge >= 0.3 is 13.6 Å². The van der Waals surface area contributed by atoms with E-state index in [1.54, 1.807) is 39.0 Å². The van der Waals surface area contributed by atoms with Crippen LogP contribution >= 0.6 is 32.0 Å². The van der Waals surface area contributed by atoms with Crippen LogP contribution in [0, 0.1) is 22.3 Å². The maximum Gasteiger partial charge on any atom is 0.380 e. The van der Waals surface area contributed by atoms with Crippen LogP contribution in [-0.4, -0.2) is 62.9 Å². The molecule has 2 aromatic rings. The Labute approximate surface area is 222 Å². The first-order valence-electron chi connectivity index (χ1n) is 12.2. The van der Waals surface area contributed by atoms with Crippen molar-refractivity contribution < 1.29 is 40.8 Å². The minimum atomic E-state index is -4.43. The molecule has 1 aromatic carbocycles. The van der Waals surface area contributed by atoms with Crippen LogP contribution in [0.2, 0.25) is 0 Å². The van der Waals surface area contributed by atoms with Crippen LogP contribution in [0.3, 0.4) is 0 Å². The van der Waals surface area contributed by atoms with E-state index in [4.69, 9.17) is 45.7 Å². The number of benzene rings is 1. The second kappa shape index (κ2) is 12.1. The number of nitrogens with zero attached hydrogens (tertiary/aromatic N) is 1. The van der Waals surface area contributed by atoms with Crippen molar-refractivity contribution in [2.45, 2.75) is 58.3 Å². The molecular formula is C23H31N2O8PS2. The van der Waals surface area contributed by atoms with Gasteiger partial charge < -0.3 is 29.2 Å². The van der Waals surface area contributed by atoms with Crippen molar-refractivity contribution in [3.8, 4) is 5.75 Å². The Bertz CT molecular complexity index is 1310. The summed E-state index contributed by atoms with van der Waals surface area (Å²) in [5.41, 5.74) is 0.602. The van der Waals surface area contributed by atoms with Gasteiger partial charge in [0.1, 0.15) is 28.7 Å². The molecule has 198 valence electrons. The number of carbonyl (C=O) groups is 1. The molecule has 1 aliphatic rings. The fraction of sp³-hybridized carbons (Fsp3) is 0.522. The van der Waals surface area contributed by atoms with Crippen LogP contribution in [0.25, 0.3) is 0 Å². The van der Waals surface area contributed by atoms with Gasteiger partial charge in [-0.3, -0.25) is 13.9 Å². The lowest BCUT2D eigenvalue weighted by molar-refractivity contribution is -0.151. The Kier molecular flexibility index (Phi) is 8.63. The van der Waals surface area contributed by atoms with Gasteiger partial charge in [-0.25, -0.2) is 4.57 Å². The number of aliphatic hydroxyl groups is 2. The number of ether oxygens (including phenoxy) is 2. The number of aromatic amines is 1. The molecule has 0 radical (unpaired) electrons. The number of aryl methyl sites for hydroxylation is 1. The highest BCUT2D eigenvalue weighted by atomic mass is 32.1. The predicted octanol–water partition coefficient (Wildman–Crippen LogP) is 4.08. The van der Waals surface area contributed by atoms with Gasteiger partial charge in [-0.2, -0.15) is 0 Å². The van der Waals surface area contributed by atoms with Crippen molar-refractivity contribution in [3.63, 3.8) is 0 Å². The molecule has 2 heterocycles. The first-order chi connectivity index (χ1) is 17.6. The molecule has 0 aliphatic carbocycles. The van der Waals surface area contributed by atoms with Crippen LogP contribution in [0.15, 0.2) is 36.5 Å². The number of hydrogen-bond acceptors (Lipinski definition) is 10. The quantitative estimate of drug-likeness (QED) is 0.222. The normalized spacial score (nSPS) is 25.5. The van der Waals surface area contributed by atoms with E-state index in [0.717, 1.165) is 0 Å². The molecule has 0 amide bonds. The van der Waals surface area contributed by atoms with Gasteiger partial charge in [-0.15, -0.1) is 0 Å². The number of aromatic nitrogens is 2. The molecular weight excluding hydrogens is 527 g/mol. The number of esters is 1. The summed E-state index contributed by atoms with van der Waals surface area (Å²) in [5, 5.41) is 21.4. The number of para-hydroxylation sites is 1. The van der Waals surface area contributed by atoms with Gasteiger partial charge in [0.15, 0.2) is 11.0 Å². The van der Waals surface area contributed by atoms with Crippen molar-refractivity contribution in [2.24, 2.45) is 5.92 Å². The van der Waals surface area contributed by atoms with Gasteiger partial charge in [0.05, 0.1) is 27.5 Å². The average molecular weight is 561 g/mol. The molecule has 1 saturated heterocycles. The highest BCUT2D eigenvalue weighted by Gasteiger charge is 2.45. The van der Waals surface area contributed by atoms with Crippen LogP contribution in [-0.2, 0) is 23.4 Å². The van der Waals surface area contributed by atoms with Gasteiger partial charge in [-0.05, 0) is 45.1 Å².